The Morgan fingerprint density at radius 3 is 2.21 bits per heavy atom. The van der Waals surface area contributed by atoms with Crippen LogP contribution in [0.4, 0.5) is 0 Å². The van der Waals surface area contributed by atoms with Crippen molar-refractivity contribution in [2.24, 2.45) is 0 Å². The summed E-state index contributed by atoms with van der Waals surface area (Å²) in [4.78, 5) is 2.13. The zero-order valence-electron chi connectivity index (χ0n) is 12.0. The van der Waals surface area contributed by atoms with E-state index in [1.54, 1.807) is 0 Å². The van der Waals surface area contributed by atoms with E-state index in [2.05, 4.69) is 17.0 Å². The molecule has 0 N–H and O–H groups in total. The van der Waals surface area contributed by atoms with E-state index in [0.29, 0.717) is 25.9 Å². The van der Waals surface area contributed by atoms with E-state index in [4.69, 9.17) is 9.05 Å². The Morgan fingerprint density at radius 2 is 1.68 bits per heavy atom. The molecule has 0 heterocycles. The molecule has 0 unspecified atom stereocenters. The Hall–Kier alpha value is -0.670. The predicted octanol–water partition coefficient (Wildman–Crippen LogP) is 3.38. The molecule has 0 atom stereocenters. The second kappa shape index (κ2) is 8.49. The molecule has 0 fully saturated rings. The molecular formula is C14H24NO3P. The van der Waals surface area contributed by atoms with Crippen LogP contribution in [0, 0.1) is 0 Å². The molecule has 0 saturated carbocycles. The highest BCUT2D eigenvalue weighted by molar-refractivity contribution is 7.53. The van der Waals surface area contributed by atoms with Crippen LogP contribution < -0.4 is 0 Å². The lowest BCUT2D eigenvalue weighted by atomic mass is 10.2. The van der Waals surface area contributed by atoms with Crippen molar-refractivity contribution in [2.45, 2.75) is 20.4 Å². The third-order valence-corrected chi connectivity index (χ3v) is 4.75. The molecule has 0 radical (unpaired) electrons. The first-order chi connectivity index (χ1) is 9.09. The maximum absolute atomic E-state index is 12.3. The fourth-order valence-corrected chi connectivity index (χ4v) is 3.53. The molecular weight excluding hydrogens is 261 g/mol. The number of hydrogen-bond donors (Lipinski definition) is 0. The van der Waals surface area contributed by atoms with Gasteiger partial charge in [-0.1, -0.05) is 30.3 Å². The zero-order valence-corrected chi connectivity index (χ0v) is 12.9. The molecule has 0 amide bonds. The van der Waals surface area contributed by atoms with E-state index >= 15 is 0 Å². The van der Waals surface area contributed by atoms with Crippen LogP contribution in [0.5, 0.6) is 0 Å². The highest BCUT2D eigenvalue weighted by Crippen LogP contribution is 2.47. The molecule has 0 spiro atoms. The van der Waals surface area contributed by atoms with Gasteiger partial charge < -0.3 is 13.9 Å². The van der Waals surface area contributed by atoms with Crippen molar-refractivity contribution in [3.63, 3.8) is 0 Å². The van der Waals surface area contributed by atoms with Gasteiger partial charge >= 0.3 is 7.60 Å². The minimum Gasteiger partial charge on any atom is -0.309 e. The van der Waals surface area contributed by atoms with Crippen LogP contribution in [0.1, 0.15) is 19.4 Å². The van der Waals surface area contributed by atoms with E-state index in [1.807, 2.05) is 39.1 Å². The Balaban J connectivity index is 2.43. The average Bonchev–Trinajstić information content (AvgIpc) is 2.38. The minimum absolute atomic E-state index is 0.416. The van der Waals surface area contributed by atoms with Crippen LogP contribution >= 0.6 is 7.60 Å². The SMILES string of the molecule is CCOP(=O)(CCN(C)Cc1ccccc1)OCC. The van der Waals surface area contributed by atoms with E-state index in [9.17, 15) is 4.57 Å². The normalized spacial score (nSPS) is 12.0. The van der Waals surface area contributed by atoms with Crippen molar-refractivity contribution in [3.8, 4) is 0 Å². The number of hydrogen-bond acceptors (Lipinski definition) is 4. The zero-order chi connectivity index (χ0) is 14.1. The maximum atomic E-state index is 12.3. The summed E-state index contributed by atoms with van der Waals surface area (Å²) in [6, 6.07) is 10.2. The molecule has 1 aromatic carbocycles. The highest BCUT2D eigenvalue weighted by Gasteiger charge is 2.23. The quantitative estimate of drug-likeness (QED) is 0.652. The molecule has 0 bridgehead atoms. The lowest BCUT2D eigenvalue weighted by molar-refractivity contribution is 0.215. The number of rotatable bonds is 9. The summed E-state index contributed by atoms with van der Waals surface area (Å²) in [6.07, 6.45) is 0.429. The van der Waals surface area contributed by atoms with Crippen LogP contribution in [0.15, 0.2) is 30.3 Å². The molecule has 4 nitrogen and oxygen atoms in total. The maximum Gasteiger partial charge on any atom is 0.331 e. The fourth-order valence-electron chi connectivity index (χ4n) is 1.83. The molecule has 19 heavy (non-hydrogen) atoms. The lowest BCUT2D eigenvalue weighted by Crippen LogP contribution is -2.22. The standard InChI is InChI=1S/C14H24NO3P/c1-4-17-19(16,18-5-2)12-11-15(3)13-14-9-7-6-8-10-14/h6-10H,4-5,11-13H2,1-3H3. The molecule has 0 saturated heterocycles. The van der Waals surface area contributed by atoms with E-state index < -0.39 is 7.60 Å². The third kappa shape index (κ3) is 6.35. The van der Waals surface area contributed by atoms with Crippen LogP contribution in [0.3, 0.4) is 0 Å². The molecule has 0 aliphatic carbocycles. The average molecular weight is 285 g/mol. The first kappa shape index (κ1) is 16.4. The molecule has 0 aliphatic rings. The van der Waals surface area contributed by atoms with Gasteiger partial charge in [0.2, 0.25) is 0 Å². The summed E-state index contributed by atoms with van der Waals surface area (Å²) in [5, 5.41) is 0. The Morgan fingerprint density at radius 1 is 1.11 bits per heavy atom. The lowest BCUT2D eigenvalue weighted by Gasteiger charge is -2.21. The van der Waals surface area contributed by atoms with Crippen molar-refractivity contribution < 1.29 is 13.6 Å². The largest absolute Gasteiger partial charge is 0.331 e. The fraction of sp³-hybridized carbons (Fsp3) is 0.571. The highest BCUT2D eigenvalue weighted by atomic mass is 31.2. The van der Waals surface area contributed by atoms with Gasteiger partial charge in [-0.25, -0.2) is 0 Å². The van der Waals surface area contributed by atoms with Gasteiger partial charge in [0.05, 0.1) is 19.4 Å². The smallest absolute Gasteiger partial charge is 0.309 e. The van der Waals surface area contributed by atoms with Gasteiger partial charge in [0.15, 0.2) is 0 Å². The van der Waals surface area contributed by atoms with Gasteiger partial charge in [-0.05, 0) is 26.5 Å². The molecule has 108 valence electrons. The first-order valence-electron chi connectivity index (χ1n) is 6.70. The Bertz CT molecular complexity index is 387. The third-order valence-electron chi connectivity index (χ3n) is 2.70. The topological polar surface area (TPSA) is 38.8 Å². The monoisotopic (exact) mass is 285 g/mol. The van der Waals surface area contributed by atoms with Crippen molar-refractivity contribution in [1.29, 1.82) is 0 Å². The van der Waals surface area contributed by atoms with Crippen molar-refractivity contribution in [2.75, 3.05) is 33.0 Å². The molecule has 5 heteroatoms. The second-order valence-corrected chi connectivity index (χ2v) is 6.58. The summed E-state index contributed by atoms with van der Waals surface area (Å²) >= 11 is 0. The van der Waals surface area contributed by atoms with Crippen LogP contribution in [-0.2, 0) is 20.2 Å². The first-order valence-corrected chi connectivity index (χ1v) is 8.43. The van der Waals surface area contributed by atoms with Crippen molar-refractivity contribution in [3.05, 3.63) is 35.9 Å². The number of nitrogens with zero attached hydrogens (tertiary/aromatic N) is 1. The number of benzene rings is 1. The summed E-state index contributed by atoms with van der Waals surface area (Å²) in [7, 11) is -0.910. The van der Waals surface area contributed by atoms with Crippen molar-refractivity contribution >= 4 is 7.60 Å². The van der Waals surface area contributed by atoms with Gasteiger partial charge in [-0.2, -0.15) is 0 Å². The van der Waals surface area contributed by atoms with Gasteiger partial charge in [0.1, 0.15) is 0 Å². The molecule has 1 aromatic rings. The summed E-state index contributed by atoms with van der Waals surface area (Å²) in [5.41, 5.74) is 1.24. The van der Waals surface area contributed by atoms with Crippen LogP contribution in [-0.4, -0.2) is 37.9 Å². The second-order valence-electron chi connectivity index (χ2n) is 4.39. The summed E-state index contributed by atoms with van der Waals surface area (Å²) in [6.45, 7) is 6.02. The summed E-state index contributed by atoms with van der Waals surface area (Å²) in [5.74, 6) is 0. The molecule has 0 aliphatic heterocycles. The van der Waals surface area contributed by atoms with Gasteiger partial charge in [-0.15, -0.1) is 0 Å². The molecule has 1 rings (SSSR count). The van der Waals surface area contributed by atoms with Gasteiger partial charge in [-0.3, -0.25) is 4.57 Å². The van der Waals surface area contributed by atoms with Gasteiger partial charge in [0, 0.05) is 13.1 Å². The predicted molar refractivity (Wildman–Crippen MR) is 78.5 cm³/mol. The summed E-state index contributed by atoms with van der Waals surface area (Å²) < 4.78 is 22.9. The Labute approximate surface area is 116 Å². The van der Waals surface area contributed by atoms with Crippen LogP contribution in [0.25, 0.3) is 0 Å². The van der Waals surface area contributed by atoms with E-state index in [0.717, 1.165) is 6.54 Å². The van der Waals surface area contributed by atoms with Gasteiger partial charge in [0.25, 0.3) is 0 Å². The van der Waals surface area contributed by atoms with Crippen LogP contribution in [0.2, 0.25) is 0 Å². The molecule has 0 aromatic heterocycles. The Kier molecular flexibility index (Phi) is 7.32. The minimum atomic E-state index is -2.92. The van der Waals surface area contributed by atoms with E-state index in [-0.39, 0.29) is 0 Å². The van der Waals surface area contributed by atoms with Crippen molar-refractivity contribution in [1.82, 2.24) is 4.90 Å². The van der Waals surface area contributed by atoms with E-state index in [1.165, 1.54) is 5.56 Å².